The van der Waals surface area contributed by atoms with E-state index >= 15 is 0 Å². The maximum absolute atomic E-state index is 3.60. The average molecular weight is 232 g/mol. The van der Waals surface area contributed by atoms with Crippen LogP contribution in [0.3, 0.4) is 0 Å². The molecule has 1 aliphatic rings. The topological polar surface area (TPSA) is 24.1 Å². The third kappa shape index (κ3) is 4.04. The molecule has 1 aromatic carbocycles. The van der Waals surface area contributed by atoms with Gasteiger partial charge >= 0.3 is 0 Å². The molecule has 0 saturated carbocycles. The molecule has 94 valence electrons. The predicted molar refractivity (Wildman–Crippen MR) is 74.6 cm³/mol. The van der Waals surface area contributed by atoms with E-state index in [9.17, 15) is 0 Å². The Kier molecular flexibility index (Phi) is 4.87. The summed E-state index contributed by atoms with van der Waals surface area (Å²) in [5, 5.41) is 7.03. The monoisotopic (exact) mass is 232 g/mol. The van der Waals surface area contributed by atoms with Crippen molar-refractivity contribution in [3.05, 3.63) is 29.8 Å². The van der Waals surface area contributed by atoms with Gasteiger partial charge in [0.25, 0.3) is 0 Å². The number of rotatable bonds is 5. The van der Waals surface area contributed by atoms with E-state index in [-0.39, 0.29) is 0 Å². The van der Waals surface area contributed by atoms with Gasteiger partial charge in [-0.15, -0.1) is 0 Å². The molecule has 17 heavy (non-hydrogen) atoms. The number of unbranched alkanes of at least 4 members (excludes halogenated alkanes) is 1. The zero-order chi connectivity index (χ0) is 11.9. The first kappa shape index (κ1) is 12.4. The lowest BCUT2D eigenvalue weighted by Crippen LogP contribution is -2.38. The van der Waals surface area contributed by atoms with Crippen LogP contribution in [0.15, 0.2) is 24.3 Å². The Hall–Kier alpha value is -1.02. The molecule has 2 nitrogen and oxygen atoms in total. The summed E-state index contributed by atoms with van der Waals surface area (Å²) in [4.78, 5) is 0. The maximum atomic E-state index is 3.60. The standard InChI is InChI=1S/C15H24N2/c1-2-3-5-13-7-9-14(10-8-13)17-15-6-4-11-16-12-15/h7-10,15-17H,2-6,11-12H2,1H3. The second-order valence-electron chi connectivity index (χ2n) is 4.99. The van der Waals surface area contributed by atoms with Gasteiger partial charge in [0.1, 0.15) is 0 Å². The van der Waals surface area contributed by atoms with Crippen LogP contribution in [0.2, 0.25) is 0 Å². The number of nitrogens with one attached hydrogen (secondary N) is 2. The van der Waals surface area contributed by atoms with Crippen molar-refractivity contribution in [2.75, 3.05) is 18.4 Å². The first-order chi connectivity index (χ1) is 8.38. The zero-order valence-electron chi connectivity index (χ0n) is 10.8. The minimum Gasteiger partial charge on any atom is -0.381 e. The van der Waals surface area contributed by atoms with Gasteiger partial charge in [0.2, 0.25) is 0 Å². The summed E-state index contributed by atoms with van der Waals surface area (Å²) in [5.41, 5.74) is 2.72. The number of piperidine rings is 1. The lowest BCUT2D eigenvalue weighted by Gasteiger charge is -2.24. The summed E-state index contributed by atoms with van der Waals surface area (Å²) in [6, 6.07) is 9.56. The molecule has 0 aliphatic carbocycles. The van der Waals surface area contributed by atoms with Crippen LogP contribution in [0.4, 0.5) is 5.69 Å². The van der Waals surface area contributed by atoms with Crippen LogP contribution < -0.4 is 10.6 Å². The van der Waals surface area contributed by atoms with Crippen molar-refractivity contribution >= 4 is 5.69 Å². The van der Waals surface area contributed by atoms with E-state index in [1.807, 2.05) is 0 Å². The lowest BCUT2D eigenvalue weighted by molar-refractivity contribution is 0.480. The Morgan fingerprint density at radius 3 is 2.76 bits per heavy atom. The summed E-state index contributed by atoms with van der Waals surface area (Å²) < 4.78 is 0. The zero-order valence-corrected chi connectivity index (χ0v) is 10.8. The molecule has 2 N–H and O–H groups in total. The molecule has 0 aromatic heterocycles. The summed E-state index contributed by atoms with van der Waals surface area (Å²) in [7, 11) is 0. The van der Waals surface area contributed by atoms with Crippen LogP contribution in [-0.4, -0.2) is 19.1 Å². The molecule has 1 aromatic rings. The lowest BCUT2D eigenvalue weighted by atomic mass is 10.1. The van der Waals surface area contributed by atoms with Gasteiger partial charge in [0, 0.05) is 18.3 Å². The van der Waals surface area contributed by atoms with Gasteiger partial charge in [-0.3, -0.25) is 0 Å². The highest BCUT2D eigenvalue weighted by Crippen LogP contribution is 2.15. The summed E-state index contributed by atoms with van der Waals surface area (Å²) >= 11 is 0. The number of hydrogen-bond donors (Lipinski definition) is 2. The van der Waals surface area contributed by atoms with E-state index in [0.717, 1.165) is 6.54 Å². The number of hydrogen-bond acceptors (Lipinski definition) is 2. The number of benzene rings is 1. The molecule has 1 saturated heterocycles. The van der Waals surface area contributed by atoms with Crippen LogP contribution in [0, 0.1) is 0 Å². The second-order valence-corrected chi connectivity index (χ2v) is 4.99. The van der Waals surface area contributed by atoms with Gasteiger partial charge in [-0.2, -0.15) is 0 Å². The summed E-state index contributed by atoms with van der Waals surface area (Å²) in [6.45, 7) is 4.51. The fourth-order valence-electron chi connectivity index (χ4n) is 2.36. The van der Waals surface area contributed by atoms with Crippen molar-refractivity contribution in [2.45, 2.75) is 45.1 Å². The highest BCUT2D eigenvalue weighted by molar-refractivity contribution is 5.45. The molecule has 1 fully saturated rings. The maximum Gasteiger partial charge on any atom is 0.0386 e. The van der Waals surface area contributed by atoms with Crippen LogP contribution in [0.1, 0.15) is 38.2 Å². The highest BCUT2D eigenvalue weighted by atomic mass is 15.0. The summed E-state index contributed by atoms with van der Waals surface area (Å²) in [5.74, 6) is 0. The molecule has 1 aliphatic heterocycles. The van der Waals surface area contributed by atoms with E-state index in [1.54, 1.807) is 0 Å². The van der Waals surface area contributed by atoms with Gasteiger partial charge in [-0.1, -0.05) is 25.5 Å². The molecule has 0 bridgehead atoms. The van der Waals surface area contributed by atoms with E-state index in [1.165, 1.54) is 49.9 Å². The second kappa shape index (κ2) is 6.65. The van der Waals surface area contributed by atoms with Crippen molar-refractivity contribution in [1.29, 1.82) is 0 Å². The number of aryl methyl sites for hydroxylation is 1. The quantitative estimate of drug-likeness (QED) is 0.814. The van der Waals surface area contributed by atoms with Crippen LogP contribution in [0.25, 0.3) is 0 Å². The van der Waals surface area contributed by atoms with Gasteiger partial charge < -0.3 is 10.6 Å². The molecule has 0 amide bonds. The predicted octanol–water partition coefficient (Wildman–Crippen LogP) is 3.19. The molecule has 0 spiro atoms. The fourth-order valence-corrected chi connectivity index (χ4v) is 2.36. The molecule has 1 heterocycles. The molecule has 2 rings (SSSR count). The Labute approximate surface area is 105 Å². The Morgan fingerprint density at radius 1 is 1.29 bits per heavy atom. The Morgan fingerprint density at radius 2 is 2.12 bits per heavy atom. The molecule has 1 atom stereocenters. The van der Waals surface area contributed by atoms with Gasteiger partial charge in [-0.25, -0.2) is 0 Å². The van der Waals surface area contributed by atoms with Crippen molar-refractivity contribution < 1.29 is 0 Å². The van der Waals surface area contributed by atoms with Crippen LogP contribution >= 0.6 is 0 Å². The van der Waals surface area contributed by atoms with Gasteiger partial charge in [-0.05, 0) is 49.9 Å². The highest BCUT2D eigenvalue weighted by Gasteiger charge is 2.11. The number of anilines is 1. The largest absolute Gasteiger partial charge is 0.381 e. The molecule has 2 heteroatoms. The minimum atomic E-state index is 0.602. The third-order valence-corrected chi connectivity index (χ3v) is 3.44. The van der Waals surface area contributed by atoms with Crippen LogP contribution in [0.5, 0.6) is 0 Å². The third-order valence-electron chi connectivity index (χ3n) is 3.44. The smallest absolute Gasteiger partial charge is 0.0386 e. The minimum absolute atomic E-state index is 0.602. The van der Waals surface area contributed by atoms with Gasteiger partial charge in [0.05, 0.1) is 0 Å². The average Bonchev–Trinajstić information content (AvgIpc) is 2.39. The molecular formula is C15H24N2. The van der Waals surface area contributed by atoms with Crippen molar-refractivity contribution in [3.8, 4) is 0 Å². The van der Waals surface area contributed by atoms with E-state index in [4.69, 9.17) is 0 Å². The van der Waals surface area contributed by atoms with Crippen molar-refractivity contribution in [3.63, 3.8) is 0 Å². The van der Waals surface area contributed by atoms with E-state index < -0.39 is 0 Å². The van der Waals surface area contributed by atoms with Crippen LogP contribution in [-0.2, 0) is 6.42 Å². The first-order valence-electron chi connectivity index (χ1n) is 6.94. The Balaban J connectivity index is 1.84. The molecule has 1 unspecified atom stereocenters. The summed E-state index contributed by atoms with van der Waals surface area (Å²) in [6.07, 6.45) is 6.34. The molecule has 0 radical (unpaired) electrons. The molecular weight excluding hydrogens is 208 g/mol. The Bertz CT molecular complexity index is 312. The fraction of sp³-hybridized carbons (Fsp3) is 0.600. The van der Waals surface area contributed by atoms with E-state index in [0.29, 0.717) is 6.04 Å². The van der Waals surface area contributed by atoms with E-state index in [2.05, 4.69) is 41.8 Å². The first-order valence-corrected chi connectivity index (χ1v) is 6.94. The SMILES string of the molecule is CCCCc1ccc(NC2CCCNC2)cc1. The van der Waals surface area contributed by atoms with Gasteiger partial charge in [0.15, 0.2) is 0 Å². The normalized spacial score (nSPS) is 20.2. The van der Waals surface area contributed by atoms with Crippen molar-refractivity contribution in [2.24, 2.45) is 0 Å². The van der Waals surface area contributed by atoms with Crippen molar-refractivity contribution in [1.82, 2.24) is 5.32 Å².